The lowest BCUT2D eigenvalue weighted by atomic mass is 9.84. The van der Waals surface area contributed by atoms with Crippen LogP contribution in [0.4, 0.5) is 0 Å². The molecular formula is C24H26N2O3S. The molecular weight excluding hydrogens is 396 g/mol. The first-order chi connectivity index (χ1) is 14.7. The van der Waals surface area contributed by atoms with E-state index < -0.39 is 0 Å². The zero-order chi connectivity index (χ0) is 20.8. The monoisotopic (exact) mass is 422 g/mol. The first kappa shape index (κ1) is 20.4. The predicted molar refractivity (Wildman–Crippen MR) is 116 cm³/mol. The van der Waals surface area contributed by atoms with E-state index in [0.29, 0.717) is 25.4 Å². The summed E-state index contributed by atoms with van der Waals surface area (Å²) in [5, 5.41) is 2.02. The highest BCUT2D eigenvalue weighted by atomic mass is 32.1. The largest absolute Gasteiger partial charge is 0.467 e. The van der Waals surface area contributed by atoms with Gasteiger partial charge in [0.2, 0.25) is 11.8 Å². The fourth-order valence-corrected chi connectivity index (χ4v) is 4.33. The summed E-state index contributed by atoms with van der Waals surface area (Å²) in [7, 11) is 0. The van der Waals surface area contributed by atoms with E-state index in [0.717, 1.165) is 29.7 Å². The maximum atomic E-state index is 13.4. The van der Waals surface area contributed by atoms with Crippen molar-refractivity contribution in [3.05, 3.63) is 82.4 Å². The van der Waals surface area contributed by atoms with Crippen molar-refractivity contribution in [1.82, 2.24) is 9.80 Å². The van der Waals surface area contributed by atoms with Gasteiger partial charge in [0, 0.05) is 17.3 Å². The molecule has 2 amide bonds. The summed E-state index contributed by atoms with van der Waals surface area (Å²) in [5.74, 6) is 0.740. The average molecular weight is 423 g/mol. The molecule has 0 saturated heterocycles. The fourth-order valence-electron chi connectivity index (χ4n) is 3.61. The van der Waals surface area contributed by atoms with E-state index in [1.807, 2.05) is 64.9 Å². The molecule has 1 fully saturated rings. The number of hydrogen-bond acceptors (Lipinski definition) is 4. The smallest absolute Gasteiger partial charge is 0.242 e. The molecule has 3 aromatic rings. The van der Waals surface area contributed by atoms with E-state index in [1.54, 1.807) is 22.5 Å². The molecule has 0 radical (unpaired) electrons. The average Bonchev–Trinajstić information content (AvgIpc) is 3.40. The van der Waals surface area contributed by atoms with Crippen LogP contribution in [0.2, 0.25) is 0 Å². The zero-order valence-electron chi connectivity index (χ0n) is 16.9. The van der Waals surface area contributed by atoms with Gasteiger partial charge in [-0.15, -0.1) is 11.3 Å². The zero-order valence-corrected chi connectivity index (χ0v) is 17.7. The van der Waals surface area contributed by atoms with Crippen LogP contribution in [0.15, 0.2) is 70.7 Å². The number of carbonyl (C=O) groups is 2. The Bertz CT molecular complexity index is 934. The van der Waals surface area contributed by atoms with Crippen molar-refractivity contribution in [1.29, 1.82) is 0 Å². The van der Waals surface area contributed by atoms with Gasteiger partial charge in [-0.05, 0) is 42.0 Å². The van der Waals surface area contributed by atoms with Crippen LogP contribution in [0.5, 0.6) is 0 Å². The van der Waals surface area contributed by atoms with Gasteiger partial charge in [-0.25, -0.2) is 0 Å². The molecule has 2 aromatic heterocycles. The van der Waals surface area contributed by atoms with Gasteiger partial charge in [-0.2, -0.15) is 0 Å². The standard InChI is InChI=1S/C24H26N2O3S/c27-23(18-26(16-21-11-5-13-29-21)24(28)20-9-4-10-20)25(17-22-12-6-14-30-22)15-19-7-2-1-3-8-19/h1-3,5-8,11-14,20H,4,9-10,15-18H2. The van der Waals surface area contributed by atoms with E-state index in [1.165, 1.54) is 0 Å². The van der Waals surface area contributed by atoms with Crippen LogP contribution >= 0.6 is 11.3 Å². The second-order valence-corrected chi connectivity index (χ2v) is 8.75. The van der Waals surface area contributed by atoms with E-state index in [-0.39, 0.29) is 24.3 Å². The summed E-state index contributed by atoms with van der Waals surface area (Å²) >= 11 is 1.64. The van der Waals surface area contributed by atoms with Crippen molar-refractivity contribution >= 4 is 23.2 Å². The molecule has 0 N–H and O–H groups in total. The van der Waals surface area contributed by atoms with Crippen molar-refractivity contribution in [2.24, 2.45) is 5.92 Å². The van der Waals surface area contributed by atoms with E-state index in [4.69, 9.17) is 4.42 Å². The number of carbonyl (C=O) groups excluding carboxylic acids is 2. The number of thiophene rings is 1. The molecule has 1 saturated carbocycles. The molecule has 0 bridgehead atoms. The topological polar surface area (TPSA) is 53.8 Å². The summed E-state index contributed by atoms with van der Waals surface area (Å²) in [6.07, 6.45) is 4.49. The molecule has 0 spiro atoms. The first-order valence-corrected chi connectivity index (χ1v) is 11.2. The van der Waals surface area contributed by atoms with Gasteiger partial charge in [0.1, 0.15) is 12.3 Å². The predicted octanol–water partition coefficient (Wildman–Crippen LogP) is 4.70. The lowest BCUT2D eigenvalue weighted by Gasteiger charge is -2.32. The van der Waals surface area contributed by atoms with Crippen molar-refractivity contribution in [3.8, 4) is 0 Å². The van der Waals surface area contributed by atoms with Gasteiger partial charge >= 0.3 is 0 Å². The Kier molecular flexibility index (Phi) is 6.64. The number of amides is 2. The third kappa shape index (κ3) is 5.19. The van der Waals surface area contributed by atoms with Gasteiger partial charge in [-0.1, -0.05) is 42.8 Å². The molecule has 0 atom stereocenters. The third-order valence-corrected chi connectivity index (χ3v) is 6.38. The van der Waals surface area contributed by atoms with Crippen molar-refractivity contribution in [2.75, 3.05) is 6.54 Å². The Morgan fingerprint density at radius 3 is 2.40 bits per heavy atom. The summed E-state index contributed by atoms with van der Waals surface area (Å²) in [4.78, 5) is 31.0. The highest BCUT2D eigenvalue weighted by molar-refractivity contribution is 7.09. The minimum atomic E-state index is -0.0496. The molecule has 30 heavy (non-hydrogen) atoms. The van der Waals surface area contributed by atoms with Crippen molar-refractivity contribution in [3.63, 3.8) is 0 Å². The Morgan fingerprint density at radius 1 is 0.933 bits per heavy atom. The molecule has 156 valence electrons. The lowest BCUT2D eigenvalue weighted by Crippen LogP contribution is -2.45. The van der Waals surface area contributed by atoms with Gasteiger partial charge in [0.25, 0.3) is 0 Å². The normalized spacial score (nSPS) is 13.6. The second kappa shape index (κ2) is 9.76. The van der Waals surface area contributed by atoms with Crippen LogP contribution in [0.3, 0.4) is 0 Å². The second-order valence-electron chi connectivity index (χ2n) is 7.72. The minimum Gasteiger partial charge on any atom is -0.467 e. The molecule has 1 aliphatic carbocycles. The first-order valence-electron chi connectivity index (χ1n) is 10.3. The van der Waals surface area contributed by atoms with Crippen LogP contribution in [0, 0.1) is 5.92 Å². The Hall–Kier alpha value is -2.86. The molecule has 1 aliphatic rings. The molecule has 0 aliphatic heterocycles. The van der Waals surface area contributed by atoms with Gasteiger partial charge in [0.15, 0.2) is 0 Å². The van der Waals surface area contributed by atoms with E-state index >= 15 is 0 Å². The maximum absolute atomic E-state index is 13.4. The third-order valence-electron chi connectivity index (χ3n) is 5.51. The number of nitrogens with zero attached hydrogens (tertiary/aromatic N) is 2. The Morgan fingerprint density at radius 2 is 1.77 bits per heavy atom. The quantitative estimate of drug-likeness (QED) is 0.502. The van der Waals surface area contributed by atoms with Crippen LogP contribution in [-0.2, 0) is 29.2 Å². The molecule has 1 aromatic carbocycles. The van der Waals surface area contributed by atoms with Gasteiger partial charge in [-0.3, -0.25) is 9.59 Å². The number of hydrogen-bond donors (Lipinski definition) is 0. The fraction of sp³-hybridized carbons (Fsp3) is 0.333. The number of furan rings is 1. The molecule has 2 heterocycles. The van der Waals surface area contributed by atoms with Crippen LogP contribution in [-0.4, -0.2) is 28.2 Å². The number of rotatable bonds is 9. The molecule has 0 unspecified atom stereocenters. The summed E-state index contributed by atoms with van der Waals surface area (Å²) in [5.41, 5.74) is 1.07. The summed E-state index contributed by atoms with van der Waals surface area (Å²) < 4.78 is 5.45. The van der Waals surface area contributed by atoms with Crippen molar-refractivity contribution in [2.45, 2.75) is 38.9 Å². The lowest BCUT2D eigenvalue weighted by molar-refractivity contribution is -0.146. The van der Waals surface area contributed by atoms with Crippen LogP contribution in [0.25, 0.3) is 0 Å². The maximum Gasteiger partial charge on any atom is 0.242 e. The minimum absolute atomic E-state index is 0.0348. The molecule has 4 rings (SSSR count). The summed E-state index contributed by atoms with van der Waals surface area (Å²) in [6, 6.07) is 17.7. The van der Waals surface area contributed by atoms with E-state index in [2.05, 4.69) is 0 Å². The van der Waals surface area contributed by atoms with Gasteiger partial charge < -0.3 is 14.2 Å². The summed E-state index contributed by atoms with van der Waals surface area (Å²) in [6.45, 7) is 1.45. The highest BCUT2D eigenvalue weighted by Crippen LogP contribution is 2.29. The number of benzene rings is 1. The van der Waals surface area contributed by atoms with Gasteiger partial charge in [0.05, 0.1) is 19.4 Å². The van der Waals surface area contributed by atoms with E-state index in [9.17, 15) is 9.59 Å². The highest BCUT2D eigenvalue weighted by Gasteiger charge is 2.31. The van der Waals surface area contributed by atoms with Crippen LogP contribution in [0.1, 0.15) is 35.5 Å². The SMILES string of the molecule is O=C(CN(Cc1ccco1)C(=O)C1CCC1)N(Cc1ccccc1)Cc1cccs1. The van der Waals surface area contributed by atoms with Crippen LogP contribution < -0.4 is 0 Å². The molecule has 6 heteroatoms. The molecule has 5 nitrogen and oxygen atoms in total. The Labute approximate surface area is 180 Å². The Balaban J connectivity index is 1.50. The van der Waals surface area contributed by atoms with Crippen molar-refractivity contribution < 1.29 is 14.0 Å².